The lowest BCUT2D eigenvalue weighted by molar-refractivity contribution is 0.304. The molecule has 0 bridgehead atoms. The average molecular weight is 261 g/mol. The molecule has 0 unspecified atom stereocenters. The van der Waals surface area contributed by atoms with Gasteiger partial charge >= 0.3 is 0 Å². The van der Waals surface area contributed by atoms with Gasteiger partial charge in [-0.2, -0.15) is 0 Å². The van der Waals surface area contributed by atoms with Crippen molar-refractivity contribution in [1.82, 2.24) is 5.32 Å². The lowest BCUT2D eigenvalue weighted by Crippen LogP contribution is -2.03. The quantitative estimate of drug-likeness (QED) is 0.887. The van der Waals surface area contributed by atoms with E-state index in [0.717, 1.165) is 12.3 Å². The van der Waals surface area contributed by atoms with Crippen LogP contribution in [0, 0.1) is 13.8 Å². The van der Waals surface area contributed by atoms with Crippen LogP contribution in [-0.2, 0) is 13.2 Å². The van der Waals surface area contributed by atoms with Crippen molar-refractivity contribution >= 4 is 11.3 Å². The third-order valence-electron chi connectivity index (χ3n) is 2.90. The minimum atomic E-state index is 0.650. The summed E-state index contributed by atoms with van der Waals surface area (Å²) in [6, 6.07) is 10.4. The molecule has 1 heterocycles. The Morgan fingerprint density at radius 2 is 2.00 bits per heavy atom. The van der Waals surface area contributed by atoms with Gasteiger partial charge in [0.2, 0.25) is 0 Å². The number of hydrogen-bond donors (Lipinski definition) is 1. The highest BCUT2D eigenvalue weighted by Crippen LogP contribution is 2.24. The van der Waals surface area contributed by atoms with E-state index in [1.54, 1.807) is 0 Å². The molecule has 0 saturated heterocycles. The van der Waals surface area contributed by atoms with Crippen molar-refractivity contribution in [3.8, 4) is 5.75 Å². The number of nitrogens with one attached hydrogen (secondary N) is 1. The highest BCUT2D eigenvalue weighted by Gasteiger charge is 2.06. The molecule has 0 aliphatic heterocycles. The predicted octanol–water partition coefficient (Wildman–Crippen LogP) is 3.66. The van der Waals surface area contributed by atoms with Gasteiger partial charge in [-0.05, 0) is 38.6 Å². The molecule has 1 aromatic carbocycles. The van der Waals surface area contributed by atoms with Crippen LogP contribution in [0.3, 0.4) is 0 Å². The van der Waals surface area contributed by atoms with Crippen LogP contribution < -0.4 is 10.1 Å². The molecule has 1 aromatic heterocycles. The largest absolute Gasteiger partial charge is 0.489 e. The van der Waals surface area contributed by atoms with E-state index in [0.29, 0.717) is 6.61 Å². The normalized spacial score (nSPS) is 10.6. The van der Waals surface area contributed by atoms with Crippen molar-refractivity contribution in [2.45, 2.75) is 27.0 Å². The summed E-state index contributed by atoms with van der Waals surface area (Å²) in [5.41, 5.74) is 2.47. The van der Waals surface area contributed by atoms with Gasteiger partial charge in [0.15, 0.2) is 0 Å². The van der Waals surface area contributed by atoms with Crippen LogP contribution in [-0.4, -0.2) is 7.05 Å². The number of ether oxygens (including phenoxy) is 1. The molecule has 3 heteroatoms. The van der Waals surface area contributed by atoms with E-state index in [2.05, 4.69) is 31.3 Å². The Balaban J connectivity index is 2.04. The van der Waals surface area contributed by atoms with Gasteiger partial charge in [-0.25, -0.2) is 0 Å². The molecule has 96 valence electrons. The Bertz CT molecular complexity index is 519. The summed E-state index contributed by atoms with van der Waals surface area (Å²) in [5.74, 6) is 0.971. The molecule has 18 heavy (non-hydrogen) atoms. The van der Waals surface area contributed by atoms with Crippen LogP contribution in [0.5, 0.6) is 5.75 Å². The minimum absolute atomic E-state index is 0.650. The molecule has 2 nitrogen and oxygen atoms in total. The third kappa shape index (κ3) is 3.12. The van der Waals surface area contributed by atoms with Gasteiger partial charge < -0.3 is 10.1 Å². The van der Waals surface area contributed by atoms with E-state index >= 15 is 0 Å². The monoisotopic (exact) mass is 261 g/mol. The molecule has 0 aliphatic rings. The van der Waals surface area contributed by atoms with Crippen LogP contribution >= 0.6 is 11.3 Å². The Hall–Kier alpha value is -1.32. The fourth-order valence-corrected chi connectivity index (χ4v) is 2.93. The van der Waals surface area contributed by atoms with Crippen LogP contribution in [0.15, 0.2) is 30.3 Å². The van der Waals surface area contributed by atoms with E-state index in [4.69, 9.17) is 4.74 Å². The van der Waals surface area contributed by atoms with Crippen LogP contribution in [0.25, 0.3) is 0 Å². The van der Waals surface area contributed by atoms with Gasteiger partial charge in [0.05, 0.1) is 0 Å². The summed E-state index contributed by atoms with van der Waals surface area (Å²) >= 11 is 1.84. The molecule has 0 saturated carbocycles. The van der Waals surface area contributed by atoms with Gasteiger partial charge in [-0.15, -0.1) is 11.3 Å². The number of hydrogen-bond acceptors (Lipinski definition) is 3. The van der Waals surface area contributed by atoms with Crippen molar-refractivity contribution in [2.24, 2.45) is 0 Å². The van der Waals surface area contributed by atoms with Gasteiger partial charge in [0.1, 0.15) is 12.4 Å². The molecule has 0 fully saturated rings. The summed E-state index contributed by atoms with van der Waals surface area (Å²) in [6.45, 7) is 5.80. The molecular formula is C15H19NOS. The number of para-hydroxylation sites is 1. The molecule has 1 N–H and O–H groups in total. The first-order valence-electron chi connectivity index (χ1n) is 6.12. The maximum absolute atomic E-state index is 5.88. The number of rotatable bonds is 5. The molecule has 2 aromatic rings. The van der Waals surface area contributed by atoms with E-state index in [-0.39, 0.29) is 0 Å². The maximum atomic E-state index is 5.88. The topological polar surface area (TPSA) is 21.3 Å². The van der Waals surface area contributed by atoms with E-state index in [1.807, 2.05) is 36.6 Å². The van der Waals surface area contributed by atoms with Crippen molar-refractivity contribution in [1.29, 1.82) is 0 Å². The fourth-order valence-electron chi connectivity index (χ4n) is 1.87. The first-order chi connectivity index (χ1) is 8.70. The zero-order chi connectivity index (χ0) is 13.0. The Morgan fingerprint density at radius 3 is 2.72 bits per heavy atom. The summed E-state index contributed by atoms with van der Waals surface area (Å²) in [4.78, 5) is 2.70. The SMILES string of the molecule is CNCc1cc(COc2ccccc2C)c(C)s1. The molecular weight excluding hydrogens is 242 g/mol. The zero-order valence-electron chi connectivity index (χ0n) is 11.1. The molecule has 0 spiro atoms. The van der Waals surface area contributed by atoms with E-state index in [1.165, 1.54) is 20.9 Å². The zero-order valence-corrected chi connectivity index (χ0v) is 11.9. The molecule has 0 atom stereocenters. The molecule has 0 radical (unpaired) electrons. The number of thiophene rings is 1. The van der Waals surface area contributed by atoms with E-state index < -0.39 is 0 Å². The van der Waals surface area contributed by atoms with Crippen molar-refractivity contribution in [3.63, 3.8) is 0 Å². The van der Waals surface area contributed by atoms with Gasteiger partial charge in [-0.3, -0.25) is 0 Å². The lowest BCUT2D eigenvalue weighted by Gasteiger charge is -2.08. The first kappa shape index (κ1) is 13.1. The second-order valence-corrected chi connectivity index (χ2v) is 5.72. The van der Waals surface area contributed by atoms with Gasteiger partial charge in [0, 0.05) is 21.9 Å². The van der Waals surface area contributed by atoms with Crippen LogP contribution in [0.2, 0.25) is 0 Å². The smallest absolute Gasteiger partial charge is 0.122 e. The average Bonchev–Trinajstić information content (AvgIpc) is 2.69. The Morgan fingerprint density at radius 1 is 1.22 bits per heavy atom. The highest BCUT2D eigenvalue weighted by atomic mass is 32.1. The summed E-state index contributed by atoms with van der Waals surface area (Å²) in [5, 5.41) is 3.18. The predicted molar refractivity (Wildman–Crippen MR) is 77.3 cm³/mol. The molecule has 2 rings (SSSR count). The summed E-state index contributed by atoms with van der Waals surface area (Å²) < 4.78 is 5.88. The van der Waals surface area contributed by atoms with Gasteiger partial charge in [-0.1, -0.05) is 18.2 Å². The van der Waals surface area contributed by atoms with E-state index in [9.17, 15) is 0 Å². The first-order valence-corrected chi connectivity index (χ1v) is 6.93. The van der Waals surface area contributed by atoms with Crippen LogP contribution in [0.4, 0.5) is 0 Å². The third-order valence-corrected chi connectivity index (χ3v) is 3.99. The van der Waals surface area contributed by atoms with Crippen molar-refractivity contribution in [2.75, 3.05) is 7.05 Å². The Kier molecular flexibility index (Phi) is 4.39. The standard InChI is InChI=1S/C15H19NOS/c1-11-6-4-5-7-15(11)17-10-13-8-14(9-16-3)18-12(13)2/h4-8,16H,9-10H2,1-3H3. The summed E-state index contributed by atoms with van der Waals surface area (Å²) in [6.07, 6.45) is 0. The number of aryl methyl sites for hydroxylation is 2. The van der Waals surface area contributed by atoms with Crippen molar-refractivity contribution < 1.29 is 4.74 Å². The summed E-state index contributed by atoms with van der Waals surface area (Å²) in [7, 11) is 1.97. The van der Waals surface area contributed by atoms with Crippen molar-refractivity contribution in [3.05, 3.63) is 51.2 Å². The highest BCUT2D eigenvalue weighted by molar-refractivity contribution is 7.12. The second-order valence-electron chi connectivity index (χ2n) is 4.38. The second kappa shape index (κ2) is 6.03. The fraction of sp³-hybridized carbons (Fsp3) is 0.333. The minimum Gasteiger partial charge on any atom is -0.489 e. The number of benzene rings is 1. The van der Waals surface area contributed by atoms with Crippen LogP contribution in [0.1, 0.15) is 20.9 Å². The maximum Gasteiger partial charge on any atom is 0.122 e. The molecule has 0 amide bonds. The lowest BCUT2D eigenvalue weighted by atomic mass is 10.2. The Labute approximate surface area is 113 Å². The molecule has 0 aliphatic carbocycles. The van der Waals surface area contributed by atoms with Gasteiger partial charge in [0.25, 0.3) is 0 Å².